The lowest BCUT2D eigenvalue weighted by Gasteiger charge is -2.09. The average Bonchev–Trinajstić information content (AvgIpc) is 2.58. The van der Waals surface area contributed by atoms with Gasteiger partial charge in [-0.15, -0.1) is 0 Å². The molecular weight excluding hydrogens is 292 g/mol. The second kappa shape index (κ2) is 7.45. The number of hydrogen-bond acceptors (Lipinski definition) is 4. The van der Waals surface area contributed by atoms with Gasteiger partial charge in [-0.1, -0.05) is 17.7 Å². The molecule has 2 aromatic rings. The Bertz CT molecular complexity index is 739. The maximum absolute atomic E-state index is 12.1. The van der Waals surface area contributed by atoms with Crippen LogP contribution < -0.4 is 14.9 Å². The van der Waals surface area contributed by atoms with Crippen molar-refractivity contribution < 1.29 is 14.3 Å². The summed E-state index contributed by atoms with van der Waals surface area (Å²) in [6.45, 7) is 3.76. The van der Waals surface area contributed by atoms with Crippen LogP contribution in [0.5, 0.6) is 11.5 Å². The van der Waals surface area contributed by atoms with Crippen molar-refractivity contribution in [2.75, 3.05) is 14.2 Å². The fourth-order valence-corrected chi connectivity index (χ4v) is 2.11. The Morgan fingerprint density at radius 3 is 2.39 bits per heavy atom. The van der Waals surface area contributed by atoms with Gasteiger partial charge in [-0.05, 0) is 44.2 Å². The van der Waals surface area contributed by atoms with Gasteiger partial charge in [-0.25, -0.2) is 5.43 Å². The third-order valence-corrected chi connectivity index (χ3v) is 3.41. The average molecular weight is 312 g/mol. The van der Waals surface area contributed by atoms with Gasteiger partial charge in [-0.2, -0.15) is 5.10 Å². The summed E-state index contributed by atoms with van der Waals surface area (Å²) in [4.78, 5) is 12.1. The number of aryl methyl sites for hydroxylation is 1. The van der Waals surface area contributed by atoms with Gasteiger partial charge in [-0.3, -0.25) is 4.79 Å². The molecule has 1 N–H and O–H groups in total. The summed E-state index contributed by atoms with van der Waals surface area (Å²) in [6, 6.07) is 12.8. The number of ether oxygens (including phenoxy) is 2. The number of nitrogens with zero attached hydrogens (tertiary/aromatic N) is 1. The van der Waals surface area contributed by atoms with E-state index in [0.29, 0.717) is 22.8 Å². The fraction of sp³-hybridized carbons (Fsp3) is 0.222. The van der Waals surface area contributed by atoms with Crippen molar-refractivity contribution in [3.63, 3.8) is 0 Å². The van der Waals surface area contributed by atoms with Crippen LogP contribution in [0.1, 0.15) is 28.4 Å². The lowest BCUT2D eigenvalue weighted by Crippen LogP contribution is -2.19. The van der Waals surface area contributed by atoms with E-state index in [1.165, 1.54) is 0 Å². The van der Waals surface area contributed by atoms with Crippen molar-refractivity contribution in [3.05, 3.63) is 59.2 Å². The zero-order valence-electron chi connectivity index (χ0n) is 13.7. The van der Waals surface area contributed by atoms with Gasteiger partial charge in [0.05, 0.1) is 19.9 Å². The molecule has 0 saturated carbocycles. The number of hydrogen-bond donors (Lipinski definition) is 1. The van der Waals surface area contributed by atoms with E-state index in [4.69, 9.17) is 9.47 Å². The molecule has 0 aliphatic rings. The monoisotopic (exact) mass is 312 g/mol. The lowest BCUT2D eigenvalue weighted by atomic mass is 10.1. The normalized spacial score (nSPS) is 11.0. The predicted molar refractivity (Wildman–Crippen MR) is 90.4 cm³/mol. The number of benzene rings is 2. The SMILES string of the molecule is COc1ccc(C(C)=NNC(=O)c2cccc(C)c2)cc1OC. The predicted octanol–water partition coefficient (Wildman–Crippen LogP) is 3.17. The van der Waals surface area contributed by atoms with Crippen LogP contribution in [-0.2, 0) is 0 Å². The van der Waals surface area contributed by atoms with Crippen molar-refractivity contribution in [2.24, 2.45) is 5.10 Å². The third-order valence-electron chi connectivity index (χ3n) is 3.41. The van der Waals surface area contributed by atoms with E-state index in [0.717, 1.165) is 11.1 Å². The van der Waals surface area contributed by atoms with Crippen LogP contribution in [0.4, 0.5) is 0 Å². The summed E-state index contributed by atoms with van der Waals surface area (Å²) >= 11 is 0. The quantitative estimate of drug-likeness (QED) is 0.681. The number of methoxy groups -OCH3 is 2. The Balaban J connectivity index is 2.15. The zero-order chi connectivity index (χ0) is 16.8. The summed E-state index contributed by atoms with van der Waals surface area (Å²) in [7, 11) is 3.16. The van der Waals surface area contributed by atoms with E-state index in [1.54, 1.807) is 26.4 Å². The van der Waals surface area contributed by atoms with Gasteiger partial charge in [0.1, 0.15) is 0 Å². The van der Waals surface area contributed by atoms with Crippen LogP contribution in [0.15, 0.2) is 47.6 Å². The molecule has 0 fully saturated rings. The highest BCUT2D eigenvalue weighted by molar-refractivity contribution is 6.01. The van der Waals surface area contributed by atoms with Crippen molar-refractivity contribution in [2.45, 2.75) is 13.8 Å². The topological polar surface area (TPSA) is 59.9 Å². The Labute approximate surface area is 135 Å². The van der Waals surface area contributed by atoms with Crippen molar-refractivity contribution in [3.8, 4) is 11.5 Å². The molecule has 0 spiro atoms. The molecule has 120 valence electrons. The number of carbonyl (C=O) groups excluding carboxylic acids is 1. The molecule has 0 unspecified atom stereocenters. The van der Waals surface area contributed by atoms with Crippen molar-refractivity contribution in [1.29, 1.82) is 0 Å². The molecule has 0 aromatic heterocycles. The fourth-order valence-electron chi connectivity index (χ4n) is 2.11. The highest BCUT2D eigenvalue weighted by Crippen LogP contribution is 2.27. The smallest absolute Gasteiger partial charge is 0.271 e. The number of rotatable bonds is 5. The molecule has 1 amide bonds. The second-order valence-corrected chi connectivity index (χ2v) is 5.08. The van der Waals surface area contributed by atoms with E-state index in [2.05, 4.69) is 10.5 Å². The van der Waals surface area contributed by atoms with Crippen LogP contribution in [0, 0.1) is 6.92 Å². The molecular formula is C18H20N2O3. The standard InChI is InChI=1S/C18H20N2O3/c1-12-6-5-7-15(10-12)18(21)20-19-13(2)14-8-9-16(22-3)17(11-14)23-4/h5-11H,1-4H3,(H,20,21). The van der Waals surface area contributed by atoms with Gasteiger partial charge in [0, 0.05) is 11.1 Å². The van der Waals surface area contributed by atoms with Gasteiger partial charge in [0.15, 0.2) is 11.5 Å². The molecule has 0 bridgehead atoms. The summed E-state index contributed by atoms with van der Waals surface area (Å²) in [5.41, 5.74) is 5.68. The maximum atomic E-state index is 12.1. The summed E-state index contributed by atoms with van der Waals surface area (Å²) in [6.07, 6.45) is 0. The summed E-state index contributed by atoms with van der Waals surface area (Å²) < 4.78 is 10.5. The molecule has 5 heteroatoms. The number of carbonyl (C=O) groups is 1. The van der Waals surface area contributed by atoms with Crippen LogP contribution >= 0.6 is 0 Å². The maximum Gasteiger partial charge on any atom is 0.271 e. The van der Waals surface area contributed by atoms with Crippen molar-refractivity contribution >= 4 is 11.6 Å². The Morgan fingerprint density at radius 2 is 1.74 bits per heavy atom. The first-order valence-electron chi connectivity index (χ1n) is 7.19. The largest absolute Gasteiger partial charge is 0.493 e. The molecule has 5 nitrogen and oxygen atoms in total. The molecule has 0 aliphatic heterocycles. The second-order valence-electron chi connectivity index (χ2n) is 5.08. The molecule has 0 radical (unpaired) electrons. The van der Waals surface area contributed by atoms with Gasteiger partial charge in [0.2, 0.25) is 0 Å². The highest BCUT2D eigenvalue weighted by atomic mass is 16.5. The minimum absolute atomic E-state index is 0.242. The molecule has 0 atom stereocenters. The Morgan fingerprint density at radius 1 is 1.00 bits per heavy atom. The summed E-state index contributed by atoms with van der Waals surface area (Å²) in [5, 5.41) is 4.15. The van der Waals surface area contributed by atoms with Crippen LogP contribution in [0.2, 0.25) is 0 Å². The number of amides is 1. The molecule has 23 heavy (non-hydrogen) atoms. The molecule has 0 heterocycles. The van der Waals surface area contributed by atoms with Gasteiger partial charge >= 0.3 is 0 Å². The Hall–Kier alpha value is -2.82. The van der Waals surface area contributed by atoms with Gasteiger partial charge < -0.3 is 9.47 Å². The zero-order valence-corrected chi connectivity index (χ0v) is 13.7. The van der Waals surface area contributed by atoms with E-state index >= 15 is 0 Å². The molecule has 0 saturated heterocycles. The highest BCUT2D eigenvalue weighted by Gasteiger charge is 2.08. The first-order valence-corrected chi connectivity index (χ1v) is 7.19. The van der Waals surface area contributed by atoms with Gasteiger partial charge in [0.25, 0.3) is 5.91 Å². The first kappa shape index (κ1) is 16.5. The third kappa shape index (κ3) is 4.10. The van der Waals surface area contributed by atoms with E-state index in [9.17, 15) is 4.79 Å². The Kier molecular flexibility index (Phi) is 5.36. The molecule has 2 rings (SSSR count). The van der Waals surface area contributed by atoms with Crippen LogP contribution in [0.25, 0.3) is 0 Å². The first-order chi connectivity index (χ1) is 11.0. The molecule has 2 aromatic carbocycles. The van der Waals surface area contributed by atoms with Crippen LogP contribution in [0.3, 0.4) is 0 Å². The minimum atomic E-state index is -0.242. The molecule has 0 aliphatic carbocycles. The van der Waals surface area contributed by atoms with Crippen molar-refractivity contribution in [1.82, 2.24) is 5.43 Å². The van der Waals surface area contributed by atoms with Crippen LogP contribution in [-0.4, -0.2) is 25.8 Å². The van der Waals surface area contributed by atoms with E-state index in [-0.39, 0.29) is 5.91 Å². The minimum Gasteiger partial charge on any atom is -0.493 e. The van der Waals surface area contributed by atoms with E-state index < -0.39 is 0 Å². The number of hydrazone groups is 1. The lowest BCUT2D eigenvalue weighted by molar-refractivity contribution is 0.0954. The summed E-state index contributed by atoms with van der Waals surface area (Å²) in [5.74, 6) is 1.02. The number of nitrogens with one attached hydrogen (secondary N) is 1. The van der Waals surface area contributed by atoms with E-state index in [1.807, 2.05) is 44.2 Å².